The van der Waals surface area contributed by atoms with Crippen LogP contribution in [-0.4, -0.2) is 33.4 Å². The summed E-state index contributed by atoms with van der Waals surface area (Å²) in [4.78, 5) is 12.1. The molecule has 0 bridgehead atoms. The Bertz CT molecular complexity index is 470. The fourth-order valence-corrected chi connectivity index (χ4v) is 2.60. The van der Waals surface area contributed by atoms with Gasteiger partial charge in [-0.2, -0.15) is 5.10 Å². The Kier molecular flexibility index (Phi) is 4.77. The van der Waals surface area contributed by atoms with Gasteiger partial charge in [0.1, 0.15) is 0 Å². The van der Waals surface area contributed by atoms with Gasteiger partial charge in [-0.25, -0.2) is 0 Å². The van der Waals surface area contributed by atoms with Crippen molar-refractivity contribution in [2.24, 2.45) is 11.7 Å². The first-order chi connectivity index (χ1) is 9.54. The molecule has 0 fully saturated rings. The molecule has 0 aromatic carbocycles. The average Bonchev–Trinajstić information content (AvgIpc) is 2.82. The molecule has 0 aliphatic heterocycles. The van der Waals surface area contributed by atoms with Crippen molar-refractivity contribution in [3.63, 3.8) is 0 Å². The van der Waals surface area contributed by atoms with Crippen LogP contribution in [0.5, 0.6) is 0 Å². The molecule has 0 saturated heterocycles. The third-order valence-corrected chi connectivity index (χ3v) is 4.09. The minimum Gasteiger partial charge on any atom is -0.394 e. The number of nitrogens with two attached hydrogens (primary N) is 1. The highest BCUT2D eigenvalue weighted by Gasteiger charge is 2.27. The van der Waals surface area contributed by atoms with Crippen LogP contribution in [0.3, 0.4) is 0 Å². The van der Waals surface area contributed by atoms with Crippen molar-refractivity contribution in [2.75, 3.05) is 6.61 Å². The van der Waals surface area contributed by atoms with Gasteiger partial charge in [0.2, 0.25) is 5.91 Å². The standard InChI is InChI=1S/C14H24N4O2/c1-9(10(2)15)14(20)17-12-4-3-5-13-11(12)8-16-18(13)6-7-19/h8-10,12,19H,3-7,15H2,1-2H3,(H,17,20). The number of aromatic nitrogens is 2. The lowest BCUT2D eigenvalue weighted by molar-refractivity contribution is -0.125. The summed E-state index contributed by atoms with van der Waals surface area (Å²) in [5.74, 6) is -0.208. The number of hydrogen-bond donors (Lipinski definition) is 3. The molecular formula is C14H24N4O2. The van der Waals surface area contributed by atoms with E-state index in [-0.39, 0.29) is 30.5 Å². The molecule has 1 aliphatic carbocycles. The molecule has 3 unspecified atom stereocenters. The van der Waals surface area contributed by atoms with Crippen LogP contribution in [0.2, 0.25) is 0 Å². The van der Waals surface area contributed by atoms with Crippen LogP contribution in [0.15, 0.2) is 6.20 Å². The maximum Gasteiger partial charge on any atom is 0.224 e. The summed E-state index contributed by atoms with van der Waals surface area (Å²) in [7, 11) is 0. The van der Waals surface area contributed by atoms with Crippen LogP contribution < -0.4 is 11.1 Å². The van der Waals surface area contributed by atoms with Gasteiger partial charge in [-0.15, -0.1) is 0 Å². The van der Waals surface area contributed by atoms with Crippen LogP contribution in [0.1, 0.15) is 44.0 Å². The molecule has 4 N–H and O–H groups in total. The van der Waals surface area contributed by atoms with Crippen LogP contribution in [-0.2, 0) is 17.8 Å². The Morgan fingerprint density at radius 2 is 2.40 bits per heavy atom. The molecular weight excluding hydrogens is 256 g/mol. The van der Waals surface area contributed by atoms with Crippen LogP contribution in [0.4, 0.5) is 0 Å². The number of nitrogens with one attached hydrogen (secondary N) is 1. The van der Waals surface area contributed by atoms with Crippen molar-refractivity contribution in [1.82, 2.24) is 15.1 Å². The van der Waals surface area contributed by atoms with Crippen molar-refractivity contribution in [3.8, 4) is 0 Å². The van der Waals surface area contributed by atoms with E-state index in [9.17, 15) is 4.79 Å². The Balaban J connectivity index is 2.11. The number of aliphatic hydroxyl groups is 1. The van der Waals surface area contributed by atoms with E-state index >= 15 is 0 Å². The van der Waals surface area contributed by atoms with Gasteiger partial charge < -0.3 is 16.2 Å². The van der Waals surface area contributed by atoms with E-state index in [2.05, 4.69) is 10.4 Å². The third-order valence-electron chi connectivity index (χ3n) is 4.09. The van der Waals surface area contributed by atoms with E-state index < -0.39 is 0 Å². The van der Waals surface area contributed by atoms with Crippen LogP contribution in [0.25, 0.3) is 0 Å². The van der Waals surface area contributed by atoms with Gasteiger partial charge in [0, 0.05) is 23.2 Å². The van der Waals surface area contributed by atoms with E-state index in [1.165, 1.54) is 0 Å². The number of fused-ring (bicyclic) bond motifs is 1. The SMILES string of the molecule is CC(N)C(C)C(=O)NC1CCCc2c1cnn2CCO. The smallest absolute Gasteiger partial charge is 0.224 e. The third kappa shape index (κ3) is 3.02. The minimum atomic E-state index is -0.201. The van der Waals surface area contributed by atoms with Crippen LogP contribution >= 0.6 is 0 Å². The summed E-state index contributed by atoms with van der Waals surface area (Å²) < 4.78 is 1.84. The normalized spacial score (nSPS) is 21.1. The fraction of sp³-hybridized carbons (Fsp3) is 0.714. The van der Waals surface area contributed by atoms with Gasteiger partial charge in [-0.3, -0.25) is 9.48 Å². The van der Waals surface area contributed by atoms with E-state index in [1.54, 1.807) is 0 Å². The Morgan fingerprint density at radius 3 is 3.05 bits per heavy atom. The molecule has 6 heteroatoms. The molecule has 6 nitrogen and oxygen atoms in total. The summed E-state index contributed by atoms with van der Waals surface area (Å²) in [6.45, 7) is 4.27. The average molecular weight is 280 g/mol. The molecule has 0 spiro atoms. The van der Waals surface area contributed by atoms with Crippen molar-refractivity contribution in [1.29, 1.82) is 0 Å². The van der Waals surface area contributed by atoms with Crippen LogP contribution in [0, 0.1) is 5.92 Å². The minimum absolute atomic E-state index is 0.00671. The molecule has 1 aromatic heterocycles. The maximum absolute atomic E-state index is 12.1. The summed E-state index contributed by atoms with van der Waals surface area (Å²) in [6, 6.07) is -0.143. The molecule has 0 radical (unpaired) electrons. The van der Waals surface area contributed by atoms with E-state index in [1.807, 2.05) is 24.7 Å². The van der Waals surface area contributed by atoms with Gasteiger partial charge in [-0.1, -0.05) is 6.92 Å². The van der Waals surface area contributed by atoms with Gasteiger partial charge in [0.05, 0.1) is 25.4 Å². The Hall–Kier alpha value is -1.40. The lowest BCUT2D eigenvalue weighted by Crippen LogP contribution is -2.41. The van der Waals surface area contributed by atoms with Crippen molar-refractivity contribution < 1.29 is 9.90 Å². The first-order valence-electron chi connectivity index (χ1n) is 7.26. The maximum atomic E-state index is 12.1. The van der Waals surface area contributed by atoms with Gasteiger partial charge in [0.15, 0.2) is 0 Å². The predicted octanol–water partition coefficient (Wildman–Crippen LogP) is 0.352. The first-order valence-corrected chi connectivity index (χ1v) is 7.26. The van der Waals surface area contributed by atoms with Crippen molar-refractivity contribution in [2.45, 2.75) is 51.7 Å². The Morgan fingerprint density at radius 1 is 1.65 bits per heavy atom. The predicted molar refractivity (Wildman–Crippen MR) is 75.9 cm³/mol. The second-order valence-corrected chi connectivity index (χ2v) is 5.59. The highest BCUT2D eigenvalue weighted by molar-refractivity contribution is 5.79. The number of aliphatic hydroxyl groups excluding tert-OH is 1. The van der Waals surface area contributed by atoms with E-state index in [0.717, 1.165) is 30.5 Å². The summed E-state index contributed by atoms with van der Waals surface area (Å²) in [6.07, 6.45) is 4.70. The van der Waals surface area contributed by atoms with Crippen molar-refractivity contribution in [3.05, 3.63) is 17.5 Å². The van der Waals surface area contributed by atoms with Gasteiger partial charge >= 0.3 is 0 Å². The number of nitrogens with zero attached hydrogens (tertiary/aromatic N) is 2. The number of rotatable bonds is 5. The quantitative estimate of drug-likeness (QED) is 0.725. The summed E-state index contributed by atoms with van der Waals surface area (Å²) in [5, 5.41) is 16.4. The lowest BCUT2D eigenvalue weighted by atomic mass is 9.92. The fourth-order valence-electron chi connectivity index (χ4n) is 2.60. The van der Waals surface area contributed by atoms with E-state index in [4.69, 9.17) is 10.8 Å². The molecule has 1 aromatic rings. The number of hydrogen-bond acceptors (Lipinski definition) is 4. The summed E-state index contributed by atoms with van der Waals surface area (Å²) in [5.41, 5.74) is 7.98. The number of amides is 1. The molecule has 1 heterocycles. The van der Waals surface area contributed by atoms with Gasteiger partial charge in [0.25, 0.3) is 0 Å². The molecule has 20 heavy (non-hydrogen) atoms. The molecule has 3 atom stereocenters. The zero-order chi connectivity index (χ0) is 14.7. The molecule has 112 valence electrons. The number of carbonyl (C=O) groups excluding carboxylic acids is 1. The second-order valence-electron chi connectivity index (χ2n) is 5.59. The largest absolute Gasteiger partial charge is 0.394 e. The Labute approximate surface area is 119 Å². The summed E-state index contributed by atoms with van der Waals surface area (Å²) >= 11 is 0. The highest BCUT2D eigenvalue weighted by Crippen LogP contribution is 2.29. The molecule has 1 amide bonds. The monoisotopic (exact) mass is 280 g/mol. The zero-order valence-electron chi connectivity index (χ0n) is 12.2. The topological polar surface area (TPSA) is 93.2 Å². The molecule has 0 saturated carbocycles. The second kappa shape index (κ2) is 6.37. The van der Waals surface area contributed by atoms with Gasteiger partial charge in [-0.05, 0) is 26.2 Å². The zero-order valence-corrected chi connectivity index (χ0v) is 12.2. The lowest BCUT2D eigenvalue weighted by Gasteiger charge is -2.26. The molecule has 2 rings (SSSR count). The highest BCUT2D eigenvalue weighted by atomic mass is 16.3. The first kappa shape index (κ1) is 15.0. The van der Waals surface area contributed by atoms with E-state index in [0.29, 0.717) is 6.54 Å². The van der Waals surface area contributed by atoms with Crippen molar-refractivity contribution >= 4 is 5.91 Å². The molecule has 1 aliphatic rings. The number of carbonyl (C=O) groups is 1.